The summed E-state index contributed by atoms with van der Waals surface area (Å²) in [4.78, 5) is 14.1. The summed E-state index contributed by atoms with van der Waals surface area (Å²) in [7, 11) is 0. The molecule has 4 N–H and O–H groups in total. The quantitative estimate of drug-likeness (QED) is 0.0839. The molecule has 0 aliphatic rings. The molecule has 3 rings (SSSR count). The third kappa shape index (κ3) is 9.52. The van der Waals surface area contributed by atoms with E-state index in [1.807, 2.05) is 18.4 Å². The van der Waals surface area contributed by atoms with E-state index in [1.165, 1.54) is 24.4 Å². The number of nitrogens with one attached hydrogen (secondary N) is 2. The number of nitriles is 1. The Morgan fingerprint density at radius 3 is 2.45 bits per heavy atom. The van der Waals surface area contributed by atoms with Crippen molar-refractivity contribution < 1.29 is 27.4 Å². The zero-order chi connectivity index (χ0) is 29.5. The molecule has 0 radical (unpaired) electrons. The van der Waals surface area contributed by atoms with Crippen LogP contribution in [0.2, 0.25) is 0 Å². The van der Waals surface area contributed by atoms with Gasteiger partial charge >= 0.3 is 6.09 Å². The molecule has 2 aromatic carbocycles. The average molecular weight is 574 g/mol. The highest BCUT2D eigenvalue weighted by molar-refractivity contribution is 7.78. The first kappa shape index (κ1) is 32.0. The molecule has 12 heteroatoms. The van der Waals surface area contributed by atoms with Crippen molar-refractivity contribution in [2.45, 2.75) is 38.5 Å². The van der Waals surface area contributed by atoms with Crippen LogP contribution in [-0.4, -0.2) is 29.7 Å². The van der Waals surface area contributed by atoms with E-state index in [-0.39, 0.29) is 17.9 Å². The van der Waals surface area contributed by atoms with Crippen molar-refractivity contribution in [3.63, 3.8) is 0 Å². The Kier molecular flexibility index (Phi) is 12.8. The molecule has 8 nitrogen and oxygen atoms in total. The Morgan fingerprint density at radius 2 is 1.90 bits per heavy atom. The van der Waals surface area contributed by atoms with Gasteiger partial charge in [0.25, 0.3) is 5.92 Å². The van der Waals surface area contributed by atoms with Crippen molar-refractivity contribution in [1.29, 1.82) is 5.26 Å². The maximum Gasteiger partial charge on any atom is 0.421 e. The summed E-state index contributed by atoms with van der Waals surface area (Å²) in [5.74, 6) is -0.298. The fourth-order valence-electron chi connectivity index (χ4n) is 3.41. The number of nitrogens with zero attached hydrogens (tertiary/aromatic N) is 2. The molecule has 0 aliphatic heterocycles. The summed E-state index contributed by atoms with van der Waals surface area (Å²) in [6.07, 6.45) is 2.51. The van der Waals surface area contributed by atoms with Crippen LogP contribution >= 0.6 is 12.2 Å². The van der Waals surface area contributed by atoms with Crippen LogP contribution in [0.5, 0.6) is 11.5 Å². The van der Waals surface area contributed by atoms with E-state index in [0.29, 0.717) is 23.5 Å². The molecule has 1 amide bonds. The fourth-order valence-corrected chi connectivity index (χ4v) is 3.51. The first-order chi connectivity index (χ1) is 19.2. The maximum absolute atomic E-state index is 15.4. The molecule has 1 atom stereocenters. The highest BCUT2D eigenvalue weighted by Gasteiger charge is 2.44. The van der Waals surface area contributed by atoms with Gasteiger partial charge in [-0.05, 0) is 66.9 Å². The van der Waals surface area contributed by atoms with Gasteiger partial charge in [-0.1, -0.05) is 37.7 Å². The lowest BCUT2D eigenvalue weighted by molar-refractivity contribution is -0.0377. The predicted molar refractivity (Wildman–Crippen MR) is 148 cm³/mol. The third-order valence-corrected chi connectivity index (χ3v) is 5.69. The number of nitrogens with two attached hydrogens (primary N) is 1. The van der Waals surface area contributed by atoms with Gasteiger partial charge in [-0.2, -0.15) is 14.0 Å². The van der Waals surface area contributed by atoms with Crippen LogP contribution < -0.4 is 21.3 Å². The Hall–Kier alpha value is -4.21. The fraction of sp³-hybridized carbons (Fsp3) is 0.286. The van der Waals surface area contributed by atoms with Crippen molar-refractivity contribution >= 4 is 23.8 Å². The molecule has 0 saturated carbocycles. The smallest absolute Gasteiger partial charge is 0.421 e. The monoisotopic (exact) mass is 573 g/mol. The van der Waals surface area contributed by atoms with E-state index in [0.717, 1.165) is 24.4 Å². The lowest BCUT2D eigenvalue weighted by Gasteiger charge is -2.27. The molecular formula is C28H30F3N5O3S. The average Bonchev–Trinajstić information content (AvgIpc) is 2.95. The molecule has 3 aromatic rings. The van der Waals surface area contributed by atoms with Crippen molar-refractivity contribution in [1.82, 2.24) is 15.7 Å². The first-order valence-electron chi connectivity index (χ1n) is 12.2. The van der Waals surface area contributed by atoms with Crippen LogP contribution in [0.25, 0.3) is 0 Å². The van der Waals surface area contributed by atoms with Gasteiger partial charge in [0.2, 0.25) is 0 Å². The van der Waals surface area contributed by atoms with E-state index < -0.39 is 29.4 Å². The van der Waals surface area contributed by atoms with Gasteiger partial charge in [0.05, 0.1) is 35.8 Å². The summed E-state index contributed by atoms with van der Waals surface area (Å²) in [5.41, 5.74) is 3.45. The van der Waals surface area contributed by atoms with Crippen LogP contribution in [0.15, 0.2) is 60.8 Å². The number of hydrogen-bond donors (Lipinski definition) is 3. The minimum Gasteiger partial charge on any atom is -0.456 e. The number of benzene rings is 2. The molecule has 212 valence electrons. The second-order valence-corrected chi connectivity index (χ2v) is 8.71. The first-order valence-corrected chi connectivity index (χ1v) is 12.7. The zero-order valence-electron chi connectivity index (χ0n) is 22.0. The number of thiocarbonyl (C=S) groups is 1. The molecule has 40 heavy (non-hydrogen) atoms. The van der Waals surface area contributed by atoms with Crippen molar-refractivity contribution in [3.05, 3.63) is 89.0 Å². The maximum atomic E-state index is 15.4. The summed E-state index contributed by atoms with van der Waals surface area (Å²) in [5, 5.41) is 11.4. The van der Waals surface area contributed by atoms with Crippen LogP contribution in [0.3, 0.4) is 0 Å². The number of pyridine rings is 1. The second kappa shape index (κ2) is 16.0. The number of hydrazine groups is 1. The lowest BCUT2D eigenvalue weighted by Crippen LogP contribution is -2.33. The molecule has 1 heterocycles. The minimum atomic E-state index is -3.48. The summed E-state index contributed by atoms with van der Waals surface area (Å²) in [6, 6.07) is 15.0. The number of halogens is 3. The number of rotatable bonds is 11. The molecule has 0 fully saturated rings. The standard InChI is InChI=1S/C23H18F3N3OS.C5H12N2O2/c1-15-2-8-19(21(24)10-15)20(13-28-14-31)23(25,26)22-9-7-18(12-29-22)30-17-5-3-16(11-27)4-6-17;1-2-3-4-9-5(8)7-6/h2-10,12,14,20H,13H2,1H3,(H,28,31);2-4,6H2,1H3,(H,7,8). The molecule has 0 saturated heterocycles. The van der Waals surface area contributed by atoms with Crippen molar-refractivity contribution in [2.75, 3.05) is 13.2 Å². The van der Waals surface area contributed by atoms with Gasteiger partial charge in [0.1, 0.15) is 23.0 Å². The Balaban J connectivity index is 0.000000536. The third-order valence-electron chi connectivity index (χ3n) is 5.52. The van der Waals surface area contributed by atoms with Gasteiger partial charge in [-0.3, -0.25) is 10.4 Å². The molecule has 0 aliphatic carbocycles. The van der Waals surface area contributed by atoms with E-state index in [2.05, 4.69) is 27.3 Å². The predicted octanol–water partition coefficient (Wildman–Crippen LogP) is 6.00. The number of ether oxygens (including phenoxy) is 2. The number of carbonyl (C=O) groups excluding carboxylic acids is 1. The van der Waals surface area contributed by atoms with Gasteiger partial charge in [-0.15, -0.1) is 0 Å². The summed E-state index contributed by atoms with van der Waals surface area (Å²) in [6.45, 7) is 3.88. The topological polar surface area (TPSA) is 122 Å². The number of amides is 1. The van der Waals surface area contributed by atoms with Gasteiger partial charge in [0, 0.05) is 6.54 Å². The molecular weight excluding hydrogens is 543 g/mol. The number of unbranched alkanes of at least 4 members (excludes halogenated alkanes) is 1. The van der Waals surface area contributed by atoms with E-state index in [1.54, 1.807) is 37.3 Å². The van der Waals surface area contributed by atoms with Gasteiger partial charge in [0.15, 0.2) is 0 Å². The zero-order valence-corrected chi connectivity index (χ0v) is 22.8. The highest BCUT2D eigenvalue weighted by Crippen LogP contribution is 2.42. The van der Waals surface area contributed by atoms with Gasteiger partial charge in [-0.25, -0.2) is 15.0 Å². The van der Waals surface area contributed by atoms with Crippen LogP contribution in [-0.2, 0) is 10.7 Å². The molecule has 1 unspecified atom stereocenters. The number of carbonyl (C=O) groups is 1. The second-order valence-electron chi connectivity index (χ2n) is 8.48. The number of aromatic nitrogens is 1. The number of aryl methyl sites for hydroxylation is 1. The van der Waals surface area contributed by atoms with Crippen LogP contribution in [0.4, 0.5) is 18.0 Å². The van der Waals surface area contributed by atoms with E-state index >= 15 is 8.78 Å². The number of alkyl halides is 2. The van der Waals surface area contributed by atoms with Crippen molar-refractivity contribution in [2.24, 2.45) is 5.84 Å². The largest absolute Gasteiger partial charge is 0.456 e. The van der Waals surface area contributed by atoms with E-state index in [4.69, 9.17) is 15.8 Å². The summed E-state index contributed by atoms with van der Waals surface area (Å²) >= 11 is 4.68. The van der Waals surface area contributed by atoms with Gasteiger partial charge < -0.3 is 14.8 Å². The molecule has 1 aromatic heterocycles. The number of hydrogen-bond acceptors (Lipinski definition) is 7. The van der Waals surface area contributed by atoms with E-state index in [9.17, 15) is 9.18 Å². The summed E-state index contributed by atoms with van der Waals surface area (Å²) < 4.78 is 55.3. The normalized spacial score (nSPS) is 11.2. The molecule has 0 bridgehead atoms. The lowest BCUT2D eigenvalue weighted by atomic mass is 9.89. The van der Waals surface area contributed by atoms with Crippen LogP contribution in [0, 0.1) is 24.1 Å². The Morgan fingerprint density at radius 1 is 1.20 bits per heavy atom. The van der Waals surface area contributed by atoms with Crippen LogP contribution in [0.1, 0.15) is 48.1 Å². The Labute approximate surface area is 236 Å². The Bertz CT molecular complexity index is 1290. The minimum absolute atomic E-state index is 0.125. The van der Waals surface area contributed by atoms with Crippen molar-refractivity contribution in [3.8, 4) is 17.6 Å². The highest BCUT2D eigenvalue weighted by atomic mass is 32.1. The SMILES string of the molecule is CCCCOC(=O)NN.Cc1ccc(C(CNC=S)C(F)(F)c2ccc(Oc3ccc(C#N)cc3)cn2)c(F)c1. The molecule has 0 spiro atoms.